The second-order valence-corrected chi connectivity index (χ2v) is 3.03. The Labute approximate surface area is 84.4 Å². The number of pyridine rings is 1. The molecule has 0 amide bonds. The third-order valence-corrected chi connectivity index (χ3v) is 2.06. The maximum Gasteiger partial charge on any atom is 0.358 e. The molecule has 0 bridgehead atoms. The van der Waals surface area contributed by atoms with E-state index in [1.807, 2.05) is 0 Å². The van der Waals surface area contributed by atoms with Gasteiger partial charge in [-0.2, -0.15) is 0 Å². The number of ether oxygens (including phenoxy) is 1. The van der Waals surface area contributed by atoms with Gasteiger partial charge in [-0.3, -0.25) is 0 Å². The molecule has 2 heterocycles. The second-order valence-electron chi connectivity index (χ2n) is 2.63. The largest absolute Gasteiger partial charge is 0.464 e. The zero-order chi connectivity index (χ0) is 10.1. The van der Waals surface area contributed by atoms with Gasteiger partial charge in [0, 0.05) is 5.39 Å². The molecule has 2 rings (SSSR count). The van der Waals surface area contributed by atoms with Crippen molar-refractivity contribution in [2.24, 2.45) is 0 Å². The van der Waals surface area contributed by atoms with E-state index in [0.29, 0.717) is 5.71 Å². The first-order chi connectivity index (χ1) is 6.72. The van der Waals surface area contributed by atoms with Crippen LogP contribution in [0.15, 0.2) is 22.8 Å². The van der Waals surface area contributed by atoms with Crippen molar-refractivity contribution in [3.8, 4) is 0 Å². The Hall–Kier alpha value is -1.55. The summed E-state index contributed by atoms with van der Waals surface area (Å²) in [7, 11) is 1.27. The summed E-state index contributed by atoms with van der Waals surface area (Å²) >= 11 is 5.83. The molecule has 2 aromatic rings. The van der Waals surface area contributed by atoms with Crippen molar-refractivity contribution in [3.05, 3.63) is 29.1 Å². The first-order valence-corrected chi connectivity index (χ1v) is 4.22. The van der Waals surface area contributed by atoms with Crippen LogP contribution in [0.4, 0.5) is 0 Å². The molecular formula is C9H6ClNO3. The average molecular weight is 212 g/mol. The van der Waals surface area contributed by atoms with E-state index in [1.165, 1.54) is 13.4 Å². The summed E-state index contributed by atoms with van der Waals surface area (Å²) < 4.78 is 9.55. The number of furan rings is 1. The van der Waals surface area contributed by atoms with Gasteiger partial charge in [0.15, 0.2) is 5.69 Å². The van der Waals surface area contributed by atoms with Gasteiger partial charge in [0.25, 0.3) is 0 Å². The Morgan fingerprint density at radius 3 is 3.14 bits per heavy atom. The lowest BCUT2D eigenvalue weighted by Crippen LogP contribution is -2.04. The molecular weight excluding hydrogens is 206 g/mol. The van der Waals surface area contributed by atoms with Crippen molar-refractivity contribution in [1.29, 1.82) is 0 Å². The van der Waals surface area contributed by atoms with Crippen LogP contribution in [0.25, 0.3) is 11.1 Å². The van der Waals surface area contributed by atoms with Crippen molar-refractivity contribution >= 4 is 28.7 Å². The van der Waals surface area contributed by atoms with Crippen LogP contribution in [0.1, 0.15) is 10.5 Å². The summed E-state index contributed by atoms with van der Waals surface area (Å²) in [5.41, 5.74) is 0.436. The Bertz CT molecular complexity index is 492. The van der Waals surface area contributed by atoms with Crippen LogP contribution in [0, 0.1) is 0 Å². The SMILES string of the molecule is COC(=O)c1nc2occc2cc1Cl. The summed E-state index contributed by atoms with van der Waals surface area (Å²) in [5, 5.41) is 1.01. The Morgan fingerprint density at radius 2 is 2.43 bits per heavy atom. The minimum absolute atomic E-state index is 0.0663. The maximum atomic E-state index is 11.2. The molecule has 0 N–H and O–H groups in total. The molecule has 0 spiro atoms. The van der Waals surface area contributed by atoms with E-state index in [2.05, 4.69) is 9.72 Å². The summed E-state index contributed by atoms with van der Waals surface area (Å²) in [6, 6.07) is 3.33. The molecule has 0 unspecified atom stereocenters. The van der Waals surface area contributed by atoms with Crippen LogP contribution in [-0.2, 0) is 4.74 Å². The molecule has 5 heteroatoms. The summed E-state index contributed by atoms with van der Waals surface area (Å²) in [4.78, 5) is 15.1. The van der Waals surface area contributed by atoms with Gasteiger partial charge < -0.3 is 9.15 Å². The van der Waals surface area contributed by atoms with Gasteiger partial charge >= 0.3 is 5.97 Å². The topological polar surface area (TPSA) is 52.3 Å². The Morgan fingerprint density at radius 1 is 1.64 bits per heavy atom. The molecule has 0 fully saturated rings. The molecule has 0 radical (unpaired) electrons. The highest BCUT2D eigenvalue weighted by atomic mass is 35.5. The maximum absolute atomic E-state index is 11.2. The minimum atomic E-state index is -0.576. The normalized spacial score (nSPS) is 10.4. The van der Waals surface area contributed by atoms with Crippen LogP contribution < -0.4 is 0 Å². The standard InChI is InChI=1S/C9H6ClNO3/c1-13-9(12)7-6(10)4-5-2-3-14-8(5)11-7/h2-4H,1H3. The molecule has 0 aliphatic carbocycles. The minimum Gasteiger partial charge on any atom is -0.464 e. The molecule has 2 aromatic heterocycles. The highest BCUT2D eigenvalue weighted by molar-refractivity contribution is 6.33. The number of halogens is 1. The number of aromatic nitrogens is 1. The van der Waals surface area contributed by atoms with Gasteiger partial charge in [-0.1, -0.05) is 11.6 Å². The Balaban J connectivity index is 2.64. The van der Waals surface area contributed by atoms with Gasteiger partial charge in [-0.15, -0.1) is 0 Å². The molecule has 72 valence electrons. The summed E-state index contributed by atoms with van der Waals surface area (Å²) in [5.74, 6) is -0.576. The lowest BCUT2D eigenvalue weighted by molar-refractivity contribution is 0.0594. The molecule has 0 saturated carbocycles. The van der Waals surface area contributed by atoms with Gasteiger partial charge in [-0.25, -0.2) is 9.78 Å². The van der Waals surface area contributed by atoms with Gasteiger partial charge in [0.1, 0.15) is 0 Å². The average Bonchev–Trinajstić information content (AvgIpc) is 2.62. The number of methoxy groups -OCH3 is 1. The molecule has 14 heavy (non-hydrogen) atoms. The van der Waals surface area contributed by atoms with Crippen LogP contribution >= 0.6 is 11.6 Å². The fraction of sp³-hybridized carbons (Fsp3) is 0.111. The van der Waals surface area contributed by atoms with E-state index in [4.69, 9.17) is 16.0 Å². The predicted molar refractivity (Wildman–Crippen MR) is 50.4 cm³/mol. The number of esters is 1. The van der Waals surface area contributed by atoms with E-state index < -0.39 is 5.97 Å². The third-order valence-electron chi connectivity index (χ3n) is 1.77. The molecule has 0 saturated heterocycles. The predicted octanol–water partition coefficient (Wildman–Crippen LogP) is 2.27. The van der Waals surface area contributed by atoms with Gasteiger partial charge in [-0.05, 0) is 12.1 Å². The summed E-state index contributed by atoms with van der Waals surface area (Å²) in [6.07, 6.45) is 1.48. The fourth-order valence-corrected chi connectivity index (χ4v) is 1.35. The molecule has 0 aromatic carbocycles. The van der Waals surface area contributed by atoms with Crippen molar-refractivity contribution in [2.75, 3.05) is 7.11 Å². The number of nitrogens with zero attached hydrogens (tertiary/aromatic N) is 1. The number of rotatable bonds is 1. The van der Waals surface area contributed by atoms with Crippen molar-refractivity contribution in [2.45, 2.75) is 0 Å². The van der Waals surface area contributed by atoms with Gasteiger partial charge in [0.2, 0.25) is 5.71 Å². The third kappa shape index (κ3) is 1.33. The molecule has 0 aliphatic rings. The van der Waals surface area contributed by atoms with Crippen molar-refractivity contribution < 1.29 is 13.9 Å². The van der Waals surface area contributed by atoms with Crippen molar-refractivity contribution in [3.63, 3.8) is 0 Å². The van der Waals surface area contributed by atoms with E-state index in [-0.39, 0.29) is 10.7 Å². The number of carbonyl (C=O) groups excluding carboxylic acids is 1. The van der Waals surface area contributed by atoms with Crippen molar-refractivity contribution in [1.82, 2.24) is 4.98 Å². The van der Waals surface area contributed by atoms with E-state index >= 15 is 0 Å². The van der Waals surface area contributed by atoms with E-state index in [9.17, 15) is 4.79 Å². The first kappa shape index (κ1) is 9.02. The van der Waals surface area contributed by atoms with Crippen LogP contribution in [-0.4, -0.2) is 18.1 Å². The number of carbonyl (C=O) groups is 1. The fourth-order valence-electron chi connectivity index (χ4n) is 1.11. The highest BCUT2D eigenvalue weighted by Gasteiger charge is 2.14. The quantitative estimate of drug-likeness (QED) is 0.679. The smallest absolute Gasteiger partial charge is 0.358 e. The van der Waals surface area contributed by atoms with Crippen LogP contribution in [0.5, 0.6) is 0 Å². The number of hydrogen-bond donors (Lipinski definition) is 0. The van der Waals surface area contributed by atoms with Crippen LogP contribution in [0.3, 0.4) is 0 Å². The van der Waals surface area contributed by atoms with E-state index in [0.717, 1.165) is 5.39 Å². The zero-order valence-electron chi connectivity index (χ0n) is 7.28. The Kier molecular flexibility index (Phi) is 2.13. The van der Waals surface area contributed by atoms with Gasteiger partial charge in [0.05, 0.1) is 18.4 Å². The van der Waals surface area contributed by atoms with E-state index in [1.54, 1.807) is 12.1 Å². The highest BCUT2D eigenvalue weighted by Crippen LogP contribution is 2.21. The first-order valence-electron chi connectivity index (χ1n) is 3.84. The van der Waals surface area contributed by atoms with Crippen LogP contribution in [0.2, 0.25) is 5.02 Å². The molecule has 0 atom stereocenters. The number of fused-ring (bicyclic) bond motifs is 1. The molecule has 0 aliphatic heterocycles. The second kappa shape index (κ2) is 3.31. The number of hydrogen-bond acceptors (Lipinski definition) is 4. The lowest BCUT2D eigenvalue weighted by Gasteiger charge is -1.99. The summed E-state index contributed by atoms with van der Waals surface area (Å²) in [6.45, 7) is 0. The lowest BCUT2D eigenvalue weighted by atomic mass is 10.3. The zero-order valence-corrected chi connectivity index (χ0v) is 8.04. The monoisotopic (exact) mass is 211 g/mol. The molecule has 4 nitrogen and oxygen atoms in total.